The fourth-order valence-electron chi connectivity index (χ4n) is 11.6. The number of phosphoric acid groups is 1. The van der Waals surface area contributed by atoms with Crippen molar-refractivity contribution in [3.05, 3.63) is 134 Å². The number of carbonyl (C=O) groups excluding carboxylic acids is 2. The molecule has 10 heteroatoms. The molecular formula is C87H152NO8P. The summed E-state index contributed by atoms with van der Waals surface area (Å²) in [5.41, 5.74) is 5.42. The van der Waals surface area contributed by atoms with E-state index in [9.17, 15) is 19.0 Å². The standard InChI is InChI=1S/C87H152NO8P/c1-3-5-7-9-11-13-15-17-19-21-23-25-27-29-31-33-35-37-39-41-42-44-45-47-49-51-53-55-57-59-61-63-65-67-69-71-73-75-77-79-86(89)93-83-85(84-95-97(91,92)94-82-81-88)96-87(90)80-78-76-74-72-70-68-66-64-62-60-58-56-54-52-50-48-46-43-40-38-36-34-32-30-28-26-24-22-20-18-16-14-12-10-8-6-4-2/h5-8,11-14,17-20,23-26,30,32,36,38,43,46,85H,3-4,9-10,15-16,21-22,27-29,31,33-35,37,39-42,44-45,47-84,88H2,1-2H3,(H,91,92)/b7-5-,8-6-,13-11-,14-12-,19-17-,20-18-,25-23-,26-24-,32-30-,38-36-,46-43-. The summed E-state index contributed by atoms with van der Waals surface area (Å²) in [5.74, 6) is -0.815. The van der Waals surface area contributed by atoms with Crippen LogP contribution < -0.4 is 5.73 Å². The van der Waals surface area contributed by atoms with E-state index in [1.807, 2.05) is 0 Å². The minimum absolute atomic E-state index is 0.0512. The molecule has 0 heterocycles. The second-order valence-electron chi connectivity index (χ2n) is 26.9. The number of hydrogen-bond acceptors (Lipinski definition) is 8. The van der Waals surface area contributed by atoms with Crippen molar-refractivity contribution < 1.29 is 37.6 Å². The zero-order valence-corrected chi connectivity index (χ0v) is 63.9. The largest absolute Gasteiger partial charge is 0.472 e. The van der Waals surface area contributed by atoms with Gasteiger partial charge in [0.25, 0.3) is 0 Å². The number of ether oxygens (including phenoxy) is 2. The minimum Gasteiger partial charge on any atom is -0.462 e. The van der Waals surface area contributed by atoms with Gasteiger partial charge in [-0.2, -0.15) is 0 Å². The van der Waals surface area contributed by atoms with Gasteiger partial charge < -0.3 is 20.1 Å². The first-order chi connectivity index (χ1) is 47.8. The number of rotatable bonds is 76. The second-order valence-corrected chi connectivity index (χ2v) is 28.3. The predicted molar refractivity (Wildman–Crippen MR) is 422 cm³/mol. The summed E-state index contributed by atoms with van der Waals surface area (Å²) in [6, 6.07) is 0. The molecule has 0 aliphatic heterocycles. The molecular weight excluding hydrogens is 1220 g/mol. The monoisotopic (exact) mass is 1370 g/mol. The van der Waals surface area contributed by atoms with E-state index in [0.29, 0.717) is 6.42 Å². The average molecular weight is 1370 g/mol. The third-order valence-electron chi connectivity index (χ3n) is 17.5. The Bertz CT molecular complexity index is 2060. The lowest BCUT2D eigenvalue weighted by molar-refractivity contribution is -0.161. The van der Waals surface area contributed by atoms with Crippen LogP contribution in [0, 0.1) is 0 Å². The molecule has 0 saturated carbocycles. The predicted octanol–water partition coefficient (Wildman–Crippen LogP) is 27.5. The van der Waals surface area contributed by atoms with Crippen molar-refractivity contribution in [1.29, 1.82) is 0 Å². The van der Waals surface area contributed by atoms with Gasteiger partial charge in [-0.05, 0) is 109 Å². The van der Waals surface area contributed by atoms with Crippen LogP contribution in [0.15, 0.2) is 134 Å². The molecule has 0 aromatic heterocycles. The Balaban J connectivity index is 3.79. The topological polar surface area (TPSA) is 134 Å². The van der Waals surface area contributed by atoms with Gasteiger partial charge in [0.2, 0.25) is 0 Å². The summed E-state index contributed by atoms with van der Waals surface area (Å²) in [5, 5.41) is 0. The second kappa shape index (κ2) is 81.1. The van der Waals surface area contributed by atoms with E-state index in [1.54, 1.807) is 0 Å². The molecule has 558 valence electrons. The summed E-state index contributed by atoms with van der Waals surface area (Å²) >= 11 is 0. The van der Waals surface area contributed by atoms with E-state index in [1.165, 1.54) is 231 Å². The number of carbonyl (C=O) groups is 2. The number of phosphoric ester groups is 1. The molecule has 0 fully saturated rings. The van der Waals surface area contributed by atoms with E-state index in [-0.39, 0.29) is 38.6 Å². The Labute approximate surface area is 599 Å². The Morgan fingerprint density at radius 1 is 0.309 bits per heavy atom. The van der Waals surface area contributed by atoms with Crippen LogP contribution in [-0.4, -0.2) is 49.3 Å². The summed E-state index contributed by atoms with van der Waals surface area (Å²) < 4.78 is 33.3. The molecule has 0 amide bonds. The minimum atomic E-state index is -4.40. The normalized spacial score (nSPS) is 13.6. The van der Waals surface area contributed by atoms with Gasteiger partial charge in [-0.15, -0.1) is 0 Å². The van der Waals surface area contributed by atoms with Gasteiger partial charge in [0.05, 0.1) is 13.2 Å². The molecule has 0 aliphatic carbocycles. The van der Waals surface area contributed by atoms with Crippen LogP contribution in [-0.2, 0) is 32.7 Å². The van der Waals surface area contributed by atoms with Gasteiger partial charge in [0, 0.05) is 19.4 Å². The Morgan fingerprint density at radius 3 is 0.794 bits per heavy atom. The lowest BCUT2D eigenvalue weighted by atomic mass is 10.0. The lowest BCUT2D eigenvalue weighted by Gasteiger charge is -2.19. The van der Waals surface area contributed by atoms with E-state index in [0.717, 1.165) is 109 Å². The first kappa shape index (κ1) is 93.2. The smallest absolute Gasteiger partial charge is 0.462 e. The Morgan fingerprint density at radius 2 is 0.536 bits per heavy atom. The van der Waals surface area contributed by atoms with E-state index in [2.05, 4.69) is 148 Å². The van der Waals surface area contributed by atoms with Gasteiger partial charge in [0.15, 0.2) is 6.10 Å². The van der Waals surface area contributed by atoms with Crippen molar-refractivity contribution in [2.24, 2.45) is 5.73 Å². The average Bonchev–Trinajstić information content (AvgIpc) is 2.17. The van der Waals surface area contributed by atoms with E-state index in [4.69, 9.17) is 24.3 Å². The first-order valence-corrected chi connectivity index (χ1v) is 42.2. The quantitative estimate of drug-likeness (QED) is 0.0264. The molecule has 0 spiro atoms. The van der Waals surface area contributed by atoms with E-state index >= 15 is 0 Å². The third-order valence-corrected chi connectivity index (χ3v) is 18.5. The molecule has 2 unspecified atom stereocenters. The summed E-state index contributed by atoms with van der Waals surface area (Å²) in [7, 11) is -4.40. The number of allylic oxidation sites excluding steroid dienone is 22. The van der Waals surface area contributed by atoms with Crippen molar-refractivity contribution in [1.82, 2.24) is 0 Å². The van der Waals surface area contributed by atoms with Crippen molar-refractivity contribution in [3.8, 4) is 0 Å². The Hall–Kier alpha value is -3.85. The molecule has 0 rings (SSSR count). The highest BCUT2D eigenvalue weighted by Crippen LogP contribution is 2.43. The van der Waals surface area contributed by atoms with Crippen molar-refractivity contribution in [2.45, 2.75) is 380 Å². The van der Waals surface area contributed by atoms with Crippen LogP contribution in [0.1, 0.15) is 373 Å². The molecule has 97 heavy (non-hydrogen) atoms. The van der Waals surface area contributed by atoms with Gasteiger partial charge >= 0.3 is 19.8 Å². The maximum Gasteiger partial charge on any atom is 0.472 e. The molecule has 9 nitrogen and oxygen atoms in total. The van der Waals surface area contributed by atoms with Crippen molar-refractivity contribution >= 4 is 19.8 Å². The van der Waals surface area contributed by atoms with E-state index < -0.39 is 26.5 Å². The fraction of sp³-hybridized carbons (Fsp3) is 0.724. The van der Waals surface area contributed by atoms with Gasteiger partial charge in [-0.25, -0.2) is 4.57 Å². The molecule has 2 atom stereocenters. The molecule has 0 saturated heterocycles. The van der Waals surface area contributed by atoms with Gasteiger partial charge in [0.1, 0.15) is 6.61 Å². The molecule has 0 bridgehead atoms. The zero-order chi connectivity index (χ0) is 70.0. The first-order valence-electron chi connectivity index (χ1n) is 40.7. The van der Waals surface area contributed by atoms with Crippen molar-refractivity contribution in [2.75, 3.05) is 26.4 Å². The van der Waals surface area contributed by atoms with Gasteiger partial charge in [-0.3, -0.25) is 18.6 Å². The number of esters is 2. The Kier molecular flexibility index (Phi) is 77.9. The number of hydrogen-bond donors (Lipinski definition) is 2. The summed E-state index contributed by atoms with van der Waals surface area (Å²) in [6.45, 7) is 3.56. The van der Waals surface area contributed by atoms with Crippen LogP contribution in [0.4, 0.5) is 0 Å². The molecule has 0 aromatic carbocycles. The zero-order valence-electron chi connectivity index (χ0n) is 63.0. The van der Waals surface area contributed by atoms with Crippen molar-refractivity contribution in [3.63, 3.8) is 0 Å². The van der Waals surface area contributed by atoms with Crippen LogP contribution >= 0.6 is 7.82 Å². The molecule has 3 N–H and O–H groups in total. The highest BCUT2D eigenvalue weighted by atomic mass is 31.2. The van der Waals surface area contributed by atoms with Gasteiger partial charge in [-0.1, -0.05) is 385 Å². The van der Waals surface area contributed by atoms with Crippen LogP contribution in [0.2, 0.25) is 0 Å². The molecule has 0 radical (unpaired) electrons. The number of unbranched alkanes of at least 4 members (excludes halogenated alkanes) is 41. The molecule has 0 aliphatic rings. The highest BCUT2D eigenvalue weighted by molar-refractivity contribution is 7.47. The maximum atomic E-state index is 12.8. The summed E-state index contributed by atoms with van der Waals surface area (Å²) in [4.78, 5) is 35.5. The lowest BCUT2D eigenvalue weighted by Crippen LogP contribution is -2.29. The maximum absolute atomic E-state index is 12.8. The summed E-state index contributed by atoms with van der Waals surface area (Å²) in [6.07, 6.45) is 116. The third kappa shape index (κ3) is 81.0. The number of nitrogens with two attached hydrogens (primary N) is 1. The highest BCUT2D eigenvalue weighted by Gasteiger charge is 2.26. The van der Waals surface area contributed by atoms with Crippen LogP contribution in [0.5, 0.6) is 0 Å². The fourth-order valence-corrected chi connectivity index (χ4v) is 12.4. The van der Waals surface area contributed by atoms with Crippen LogP contribution in [0.3, 0.4) is 0 Å². The SMILES string of the molecule is CC/C=C\C/C=C\C/C=C\C/C=C\C/C=C\C/C=C\C/C=C\CCCCCCCCCCCCCCCCCC(=O)OC(COC(=O)CCCCCCCCCCCCCCCCCCCCCCCCCCCC/C=C\C/C=C\C/C=C\C/C=C\CC)COP(=O)(O)OCCN. The molecule has 0 aromatic rings. The van der Waals surface area contributed by atoms with Crippen LogP contribution in [0.25, 0.3) is 0 Å².